The number of nitrogen functional groups attached to an aromatic ring is 1. The molecule has 3 rings (SSSR count). The molecule has 126 valence electrons. The Kier molecular flexibility index (Phi) is 5.06. The van der Waals surface area contributed by atoms with Gasteiger partial charge < -0.3 is 16.4 Å². The molecule has 0 aliphatic rings. The van der Waals surface area contributed by atoms with E-state index in [0.717, 1.165) is 11.3 Å². The molecule has 0 saturated heterocycles. The van der Waals surface area contributed by atoms with Crippen molar-refractivity contribution >= 4 is 34.7 Å². The van der Waals surface area contributed by atoms with Gasteiger partial charge in [-0.15, -0.1) is 0 Å². The molecule has 0 aliphatic heterocycles. The Hall–Kier alpha value is -3.19. The maximum absolute atomic E-state index is 12.2. The SMILES string of the molecule is Nc1ncccc1NCc1cccc(NC(=O)c2cnc(Cl)cn2)c1. The summed E-state index contributed by atoms with van der Waals surface area (Å²) in [6, 6.07) is 11.1. The summed E-state index contributed by atoms with van der Waals surface area (Å²) < 4.78 is 0. The highest BCUT2D eigenvalue weighted by Crippen LogP contribution is 2.17. The van der Waals surface area contributed by atoms with E-state index in [1.54, 1.807) is 12.3 Å². The van der Waals surface area contributed by atoms with E-state index in [0.29, 0.717) is 18.1 Å². The molecular weight excluding hydrogens is 340 g/mol. The number of halogens is 1. The molecule has 0 unspecified atom stereocenters. The first kappa shape index (κ1) is 16.7. The second-order valence-corrected chi connectivity index (χ2v) is 5.56. The van der Waals surface area contributed by atoms with Crippen molar-refractivity contribution in [3.8, 4) is 0 Å². The van der Waals surface area contributed by atoms with E-state index in [-0.39, 0.29) is 16.8 Å². The molecule has 0 atom stereocenters. The summed E-state index contributed by atoms with van der Waals surface area (Å²) in [4.78, 5) is 24.0. The molecule has 0 aliphatic carbocycles. The lowest BCUT2D eigenvalue weighted by Gasteiger charge is -2.10. The summed E-state index contributed by atoms with van der Waals surface area (Å²) in [5.41, 5.74) is 8.38. The zero-order valence-corrected chi connectivity index (χ0v) is 13.9. The largest absolute Gasteiger partial charge is 0.382 e. The molecule has 25 heavy (non-hydrogen) atoms. The Morgan fingerprint density at radius 2 is 2.00 bits per heavy atom. The molecule has 0 fully saturated rings. The first-order valence-corrected chi connectivity index (χ1v) is 7.82. The number of aromatic nitrogens is 3. The highest BCUT2D eigenvalue weighted by molar-refractivity contribution is 6.29. The van der Waals surface area contributed by atoms with Crippen LogP contribution in [0.25, 0.3) is 0 Å². The van der Waals surface area contributed by atoms with E-state index in [1.165, 1.54) is 12.4 Å². The predicted molar refractivity (Wildman–Crippen MR) is 97.4 cm³/mol. The topological polar surface area (TPSA) is 106 Å². The lowest BCUT2D eigenvalue weighted by atomic mass is 10.2. The minimum atomic E-state index is -0.356. The van der Waals surface area contributed by atoms with Crippen molar-refractivity contribution in [1.29, 1.82) is 0 Å². The summed E-state index contributed by atoms with van der Waals surface area (Å²) in [5, 5.41) is 6.22. The van der Waals surface area contributed by atoms with Crippen molar-refractivity contribution in [3.63, 3.8) is 0 Å². The van der Waals surface area contributed by atoms with Gasteiger partial charge in [-0.2, -0.15) is 0 Å². The minimum Gasteiger partial charge on any atom is -0.382 e. The van der Waals surface area contributed by atoms with Gasteiger partial charge in [-0.05, 0) is 29.8 Å². The Bertz CT molecular complexity index is 884. The molecule has 2 heterocycles. The van der Waals surface area contributed by atoms with Crippen LogP contribution in [0.1, 0.15) is 16.1 Å². The molecule has 2 aromatic heterocycles. The van der Waals surface area contributed by atoms with Crippen LogP contribution in [0.3, 0.4) is 0 Å². The third-order valence-corrected chi connectivity index (χ3v) is 3.55. The number of amides is 1. The van der Waals surface area contributed by atoms with Gasteiger partial charge in [0, 0.05) is 18.4 Å². The Morgan fingerprint density at radius 1 is 1.12 bits per heavy atom. The fourth-order valence-corrected chi connectivity index (χ4v) is 2.25. The number of carbonyl (C=O) groups is 1. The Balaban J connectivity index is 1.66. The number of pyridine rings is 1. The zero-order valence-electron chi connectivity index (χ0n) is 13.1. The lowest BCUT2D eigenvalue weighted by molar-refractivity contribution is 0.102. The highest BCUT2D eigenvalue weighted by Gasteiger charge is 2.08. The number of hydrogen-bond donors (Lipinski definition) is 3. The van der Waals surface area contributed by atoms with Gasteiger partial charge in [0.2, 0.25) is 0 Å². The summed E-state index contributed by atoms with van der Waals surface area (Å²) in [5.74, 6) is 0.0825. The van der Waals surface area contributed by atoms with E-state index in [1.807, 2.05) is 30.3 Å². The second kappa shape index (κ2) is 7.59. The van der Waals surface area contributed by atoms with Gasteiger partial charge in [-0.25, -0.2) is 15.0 Å². The lowest BCUT2D eigenvalue weighted by Crippen LogP contribution is -2.14. The van der Waals surface area contributed by atoms with E-state index in [4.69, 9.17) is 17.3 Å². The average molecular weight is 355 g/mol. The highest BCUT2D eigenvalue weighted by atomic mass is 35.5. The second-order valence-electron chi connectivity index (χ2n) is 5.17. The van der Waals surface area contributed by atoms with E-state index < -0.39 is 0 Å². The number of nitrogens with two attached hydrogens (primary N) is 1. The fraction of sp³-hybridized carbons (Fsp3) is 0.0588. The van der Waals surface area contributed by atoms with Crippen LogP contribution >= 0.6 is 11.6 Å². The van der Waals surface area contributed by atoms with Crippen LogP contribution in [0.2, 0.25) is 5.15 Å². The molecule has 0 bridgehead atoms. The molecule has 1 amide bonds. The number of nitrogens with one attached hydrogen (secondary N) is 2. The molecule has 3 aromatic rings. The standard InChI is InChI=1S/C17H15ClN6O/c18-15-10-22-14(9-23-15)17(25)24-12-4-1-3-11(7-12)8-21-13-5-2-6-20-16(13)19/h1-7,9-10,21H,8H2,(H2,19,20)(H,24,25). The molecule has 1 aromatic carbocycles. The van der Waals surface area contributed by atoms with Crippen molar-refractivity contribution in [3.05, 3.63) is 71.4 Å². The van der Waals surface area contributed by atoms with E-state index in [2.05, 4.69) is 25.6 Å². The van der Waals surface area contributed by atoms with Gasteiger partial charge in [0.15, 0.2) is 0 Å². The number of carbonyl (C=O) groups excluding carboxylic acids is 1. The number of rotatable bonds is 5. The number of hydrogen-bond acceptors (Lipinski definition) is 6. The van der Waals surface area contributed by atoms with Gasteiger partial charge in [0.1, 0.15) is 16.7 Å². The maximum atomic E-state index is 12.2. The quantitative estimate of drug-likeness (QED) is 0.650. The van der Waals surface area contributed by atoms with Crippen LogP contribution in [0.15, 0.2) is 55.0 Å². The molecule has 4 N–H and O–H groups in total. The van der Waals surface area contributed by atoms with Crippen LogP contribution in [-0.4, -0.2) is 20.9 Å². The average Bonchev–Trinajstić information content (AvgIpc) is 2.62. The van der Waals surface area contributed by atoms with Crippen molar-refractivity contribution in [2.45, 2.75) is 6.54 Å². The molecule has 8 heteroatoms. The van der Waals surface area contributed by atoms with Gasteiger partial charge in [-0.1, -0.05) is 23.7 Å². The first-order valence-electron chi connectivity index (χ1n) is 7.44. The van der Waals surface area contributed by atoms with Crippen LogP contribution in [-0.2, 0) is 6.54 Å². The van der Waals surface area contributed by atoms with Gasteiger partial charge in [0.25, 0.3) is 5.91 Å². The third kappa shape index (κ3) is 4.42. The smallest absolute Gasteiger partial charge is 0.275 e. The van der Waals surface area contributed by atoms with Gasteiger partial charge in [0.05, 0.1) is 18.1 Å². The van der Waals surface area contributed by atoms with E-state index in [9.17, 15) is 4.79 Å². The summed E-state index contributed by atoms with van der Waals surface area (Å²) in [7, 11) is 0. The monoisotopic (exact) mass is 354 g/mol. The van der Waals surface area contributed by atoms with Crippen LogP contribution in [0, 0.1) is 0 Å². The van der Waals surface area contributed by atoms with E-state index >= 15 is 0 Å². The Labute approximate surface area is 149 Å². The van der Waals surface area contributed by atoms with Crippen molar-refractivity contribution in [2.24, 2.45) is 0 Å². The first-order chi connectivity index (χ1) is 12.1. The van der Waals surface area contributed by atoms with Crippen LogP contribution < -0.4 is 16.4 Å². The Morgan fingerprint density at radius 3 is 2.76 bits per heavy atom. The van der Waals surface area contributed by atoms with Crippen LogP contribution in [0.5, 0.6) is 0 Å². The van der Waals surface area contributed by atoms with Gasteiger partial charge >= 0.3 is 0 Å². The van der Waals surface area contributed by atoms with Crippen molar-refractivity contribution < 1.29 is 4.79 Å². The van der Waals surface area contributed by atoms with Crippen LogP contribution in [0.4, 0.5) is 17.2 Å². The normalized spacial score (nSPS) is 10.3. The van der Waals surface area contributed by atoms with Crippen molar-refractivity contribution in [2.75, 3.05) is 16.4 Å². The van der Waals surface area contributed by atoms with Crippen molar-refractivity contribution in [1.82, 2.24) is 15.0 Å². The third-order valence-electron chi connectivity index (χ3n) is 3.36. The summed E-state index contributed by atoms with van der Waals surface area (Å²) >= 11 is 5.67. The number of nitrogens with zero attached hydrogens (tertiary/aromatic N) is 3. The van der Waals surface area contributed by atoms with Gasteiger partial charge in [-0.3, -0.25) is 4.79 Å². The fourth-order valence-electron chi connectivity index (χ4n) is 2.15. The maximum Gasteiger partial charge on any atom is 0.275 e. The zero-order chi connectivity index (χ0) is 17.6. The molecule has 7 nitrogen and oxygen atoms in total. The molecule has 0 radical (unpaired) electrons. The molecule has 0 saturated carbocycles. The predicted octanol–water partition coefficient (Wildman–Crippen LogP) is 2.97. The molecule has 0 spiro atoms. The minimum absolute atomic E-state index is 0.191. The number of anilines is 3. The summed E-state index contributed by atoms with van der Waals surface area (Å²) in [6.07, 6.45) is 4.29. The summed E-state index contributed by atoms with van der Waals surface area (Å²) in [6.45, 7) is 0.542. The number of benzene rings is 1. The molecular formula is C17H15ClN6O.